The lowest BCUT2D eigenvalue weighted by Crippen LogP contribution is -2.07. The molecule has 0 aliphatic carbocycles. The maximum absolute atomic E-state index is 7.17. The zero-order chi connectivity index (χ0) is 9.28. The summed E-state index contributed by atoms with van der Waals surface area (Å²) in [5.41, 5.74) is 0. The lowest BCUT2D eigenvalue weighted by Gasteiger charge is -1.97. The highest BCUT2D eigenvalue weighted by atomic mass is 27.2. The van der Waals surface area contributed by atoms with Crippen molar-refractivity contribution < 1.29 is 15.1 Å². The molecule has 11 heavy (non-hydrogen) atoms. The zero-order valence-electron chi connectivity index (χ0n) is 7.62. The third kappa shape index (κ3) is 17.9. The molecule has 0 radical (unpaired) electrons. The summed E-state index contributed by atoms with van der Waals surface area (Å²) < 4.78 is 0. The van der Waals surface area contributed by atoms with E-state index in [4.69, 9.17) is 15.1 Å². The van der Waals surface area contributed by atoms with Crippen LogP contribution in [0, 0.1) is 0 Å². The molecule has 0 aliphatic rings. The van der Waals surface area contributed by atoms with Crippen LogP contribution in [0.25, 0.3) is 0 Å². The first kappa shape index (κ1) is 14.0. The van der Waals surface area contributed by atoms with Gasteiger partial charge in [0.15, 0.2) is 0 Å². The van der Waals surface area contributed by atoms with Gasteiger partial charge >= 0.3 is 7.32 Å². The standard InChI is InChI=1S/3C2H5.Al.BH3O3/c3*1-2;;2-1(3)4/h3*1H2,2H3;;2-4H. The van der Waals surface area contributed by atoms with Crippen molar-refractivity contribution >= 4 is 21.5 Å². The SMILES string of the molecule is C[CH2][Al]([CH2]C)[CH2]C.OB(O)O. The summed E-state index contributed by atoms with van der Waals surface area (Å²) in [6.07, 6.45) is 0. The molecule has 0 saturated heterocycles. The first-order valence-electron chi connectivity index (χ1n) is 4.12. The van der Waals surface area contributed by atoms with Crippen molar-refractivity contribution in [3.63, 3.8) is 0 Å². The predicted octanol–water partition coefficient (Wildman–Crippen LogP) is 0.489. The maximum Gasteiger partial charge on any atom is 0.631 e. The smallest absolute Gasteiger partial charge is 0.402 e. The molecule has 3 N–H and O–H groups in total. The lowest BCUT2D eigenvalue weighted by atomic mass is 10.3. The summed E-state index contributed by atoms with van der Waals surface area (Å²) in [4.78, 5) is 0. The molecule has 0 amide bonds. The van der Waals surface area contributed by atoms with Gasteiger partial charge in [-0.1, -0.05) is 36.6 Å². The van der Waals surface area contributed by atoms with E-state index in [1.165, 1.54) is 15.8 Å². The van der Waals surface area contributed by atoms with Gasteiger partial charge in [0.2, 0.25) is 0 Å². The van der Waals surface area contributed by atoms with Crippen molar-refractivity contribution in [1.29, 1.82) is 0 Å². The van der Waals surface area contributed by atoms with E-state index in [9.17, 15) is 0 Å². The Morgan fingerprint density at radius 1 is 0.909 bits per heavy atom. The van der Waals surface area contributed by atoms with Crippen LogP contribution in [0.4, 0.5) is 0 Å². The minimum absolute atomic E-state index is 0.171. The second-order valence-electron chi connectivity index (χ2n) is 2.44. The van der Waals surface area contributed by atoms with Crippen molar-refractivity contribution in [2.45, 2.75) is 36.6 Å². The van der Waals surface area contributed by atoms with Crippen LogP contribution in [-0.2, 0) is 0 Å². The Hall–Kier alpha value is 0.477. The van der Waals surface area contributed by atoms with E-state index in [0.717, 1.165) is 0 Å². The normalized spacial score (nSPS) is 8.18. The van der Waals surface area contributed by atoms with Gasteiger partial charge < -0.3 is 15.1 Å². The van der Waals surface area contributed by atoms with Crippen LogP contribution < -0.4 is 0 Å². The van der Waals surface area contributed by atoms with Gasteiger partial charge in [0, 0.05) is 0 Å². The highest BCUT2D eigenvalue weighted by Gasteiger charge is 2.05. The van der Waals surface area contributed by atoms with Crippen molar-refractivity contribution in [3.8, 4) is 0 Å². The first-order chi connectivity index (χ1) is 5.08. The largest absolute Gasteiger partial charge is 0.631 e. The summed E-state index contributed by atoms with van der Waals surface area (Å²) >= 11 is -0.171. The number of hydrogen-bond donors (Lipinski definition) is 3. The number of hydrogen-bond acceptors (Lipinski definition) is 3. The molecule has 0 spiro atoms. The first-order valence-corrected chi connectivity index (χ1v) is 6.57. The van der Waals surface area contributed by atoms with E-state index in [1.54, 1.807) is 0 Å². The van der Waals surface area contributed by atoms with Crippen molar-refractivity contribution in [1.82, 2.24) is 0 Å². The van der Waals surface area contributed by atoms with E-state index >= 15 is 0 Å². The Morgan fingerprint density at radius 2 is 1.09 bits per heavy atom. The third-order valence-electron chi connectivity index (χ3n) is 1.73. The highest BCUT2D eigenvalue weighted by Crippen LogP contribution is 2.01. The molecule has 0 fully saturated rings. The molecular formula is C6H18AlBO3. The van der Waals surface area contributed by atoms with Gasteiger partial charge in [-0.3, -0.25) is 0 Å². The average molecular weight is 176 g/mol. The molecule has 0 unspecified atom stereocenters. The molecule has 3 nitrogen and oxygen atoms in total. The Morgan fingerprint density at radius 3 is 1.09 bits per heavy atom. The fraction of sp³-hybridized carbons (Fsp3) is 1.00. The van der Waals surface area contributed by atoms with Gasteiger partial charge in [-0.25, -0.2) is 0 Å². The summed E-state index contributed by atoms with van der Waals surface area (Å²) in [5.74, 6) is 0. The van der Waals surface area contributed by atoms with Crippen LogP contribution in [0.15, 0.2) is 0 Å². The highest BCUT2D eigenvalue weighted by molar-refractivity contribution is 6.58. The fourth-order valence-corrected chi connectivity index (χ4v) is 2.60. The van der Waals surface area contributed by atoms with Gasteiger partial charge in [-0.05, 0) is 0 Å². The van der Waals surface area contributed by atoms with Crippen LogP contribution in [0.2, 0.25) is 15.8 Å². The fourth-order valence-electron chi connectivity index (χ4n) is 0.866. The van der Waals surface area contributed by atoms with E-state index < -0.39 is 7.32 Å². The molecule has 0 saturated carbocycles. The quantitative estimate of drug-likeness (QED) is 0.548. The van der Waals surface area contributed by atoms with Crippen LogP contribution in [0.3, 0.4) is 0 Å². The molecule has 0 aromatic heterocycles. The van der Waals surface area contributed by atoms with Gasteiger partial charge in [-0.15, -0.1) is 0 Å². The van der Waals surface area contributed by atoms with Gasteiger partial charge in [0.25, 0.3) is 14.1 Å². The molecular weight excluding hydrogens is 158 g/mol. The summed E-state index contributed by atoms with van der Waals surface area (Å²) in [5, 5.41) is 26.0. The molecule has 5 heteroatoms. The van der Waals surface area contributed by atoms with Gasteiger partial charge in [0.1, 0.15) is 0 Å². The second kappa shape index (κ2) is 10.5. The molecule has 0 atom stereocenters. The summed E-state index contributed by atoms with van der Waals surface area (Å²) in [7, 11) is -2.17. The van der Waals surface area contributed by atoms with Crippen LogP contribution in [0.1, 0.15) is 20.8 Å². The van der Waals surface area contributed by atoms with E-state index in [-0.39, 0.29) is 14.1 Å². The summed E-state index contributed by atoms with van der Waals surface area (Å²) in [6, 6.07) is 0. The van der Waals surface area contributed by atoms with E-state index in [2.05, 4.69) is 20.8 Å². The molecule has 0 aliphatic heterocycles. The minimum atomic E-state index is -2.17. The Kier molecular flexibility index (Phi) is 13.4. The Balaban J connectivity index is 0. The third-order valence-corrected chi connectivity index (χ3v) is 5.20. The van der Waals surface area contributed by atoms with Gasteiger partial charge in [-0.2, -0.15) is 0 Å². The van der Waals surface area contributed by atoms with Crippen LogP contribution in [-0.4, -0.2) is 36.5 Å². The second-order valence-corrected chi connectivity index (χ2v) is 6.62. The lowest BCUT2D eigenvalue weighted by molar-refractivity contribution is 0.278. The number of rotatable bonds is 3. The molecule has 0 bridgehead atoms. The minimum Gasteiger partial charge on any atom is -0.402 e. The van der Waals surface area contributed by atoms with Crippen LogP contribution in [0.5, 0.6) is 0 Å². The topological polar surface area (TPSA) is 60.7 Å². The maximum atomic E-state index is 7.17. The van der Waals surface area contributed by atoms with Crippen LogP contribution >= 0.6 is 0 Å². The van der Waals surface area contributed by atoms with Gasteiger partial charge in [0.05, 0.1) is 0 Å². The Bertz CT molecular complexity index is 60.6. The Labute approximate surface area is 73.6 Å². The summed E-state index contributed by atoms with van der Waals surface area (Å²) in [6.45, 7) is 6.97. The monoisotopic (exact) mass is 176 g/mol. The molecule has 0 aromatic rings. The zero-order valence-corrected chi connectivity index (χ0v) is 8.77. The van der Waals surface area contributed by atoms with Crippen molar-refractivity contribution in [3.05, 3.63) is 0 Å². The average Bonchev–Trinajstić information content (AvgIpc) is 1.90. The van der Waals surface area contributed by atoms with Crippen molar-refractivity contribution in [2.24, 2.45) is 0 Å². The van der Waals surface area contributed by atoms with E-state index in [1.807, 2.05) is 0 Å². The van der Waals surface area contributed by atoms with E-state index in [0.29, 0.717) is 0 Å². The molecule has 0 aromatic carbocycles. The van der Waals surface area contributed by atoms with Crippen molar-refractivity contribution in [2.75, 3.05) is 0 Å². The molecule has 0 heterocycles. The molecule has 66 valence electrons. The molecule has 0 rings (SSSR count). The predicted molar refractivity (Wildman–Crippen MR) is 49.6 cm³/mol.